The zero-order chi connectivity index (χ0) is 8.23. The number of ether oxygens (including phenoxy) is 1. The van der Waals surface area contributed by atoms with Gasteiger partial charge in [0.05, 0.1) is 23.6 Å². The van der Waals surface area contributed by atoms with Crippen LogP contribution in [0.3, 0.4) is 0 Å². The van der Waals surface area contributed by atoms with E-state index in [1.807, 2.05) is 12.2 Å². The lowest BCUT2D eigenvalue weighted by molar-refractivity contribution is 0.463. The van der Waals surface area contributed by atoms with Gasteiger partial charge >= 0.3 is 0 Å². The van der Waals surface area contributed by atoms with Gasteiger partial charge < -0.3 is 4.74 Å². The van der Waals surface area contributed by atoms with Crippen LogP contribution in [0.5, 0.6) is 0 Å². The molecule has 0 N–H and O–H groups in total. The maximum atomic E-state index is 5.24. The van der Waals surface area contributed by atoms with E-state index in [0.29, 0.717) is 12.4 Å². The van der Waals surface area contributed by atoms with Gasteiger partial charge in [-0.3, -0.25) is 4.99 Å². The van der Waals surface area contributed by atoms with Crippen LogP contribution in [0.15, 0.2) is 33.3 Å². The van der Waals surface area contributed by atoms with Gasteiger partial charge in [-0.1, -0.05) is 11.8 Å². The van der Waals surface area contributed by atoms with E-state index in [2.05, 4.69) is 9.98 Å². The van der Waals surface area contributed by atoms with Crippen molar-refractivity contribution in [2.24, 2.45) is 9.98 Å². The van der Waals surface area contributed by atoms with Crippen LogP contribution in [-0.2, 0) is 4.74 Å². The molecule has 62 valence electrons. The molecule has 0 amide bonds. The Labute approximate surface area is 74.9 Å². The largest absolute Gasteiger partial charge is 0.446 e. The van der Waals surface area contributed by atoms with Crippen molar-refractivity contribution in [3.8, 4) is 0 Å². The van der Waals surface area contributed by atoms with Crippen molar-refractivity contribution in [3.05, 3.63) is 23.3 Å². The van der Waals surface area contributed by atoms with Gasteiger partial charge in [-0.2, -0.15) is 0 Å². The summed E-state index contributed by atoms with van der Waals surface area (Å²) >= 11 is 1.64. The van der Waals surface area contributed by atoms with Crippen LogP contribution in [0.1, 0.15) is 0 Å². The molecule has 2 aliphatic heterocycles. The Morgan fingerprint density at radius 1 is 1.50 bits per heavy atom. The van der Waals surface area contributed by atoms with Gasteiger partial charge in [0.15, 0.2) is 0 Å². The van der Waals surface area contributed by atoms with E-state index >= 15 is 0 Å². The van der Waals surface area contributed by atoms with Crippen molar-refractivity contribution < 1.29 is 4.74 Å². The van der Waals surface area contributed by atoms with E-state index in [1.165, 1.54) is 0 Å². The van der Waals surface area contributed by atoms with Crippen LogP contribution in [0.25, 0.3) is 0 Å². The first-order valence-corrected chi connectivity index (χ1v) is 4.65. The SMILES string of the molecule is C1=COC(C2=CC=NCS2)=NC1. The summed E-state index contributed by atoms with van der Waals surface area (Å²) in [4.78, 5) is 9.33. The average Bonchev–Trinajstić information content (AvgIpc) is 2.21. The zero-order valence-electron chi connectivity index (χ0n) is 6.43. The molecule has 0 spiro atoms. The number of hydrogen-bond acceptors (Lipinski definition) is 4. The number of nitrogens with zero attached hydrogens (tertiary/aromatic N) is 2. The van der Waals surface area contributed by atoms with Gasteiger partial charge in [-0.25, -0.2) is 4.99 Å². The Balaban J connectivity index is 2.13. The molecule has 0 atom stereocenters. The van der Waals surface area contributed by atoms with E-state index < -0.39 is 0 Å². The summed E-state index contributed by atoms with van der Waals surface area (Å²) in [7, 11) is 0. The Morgan fingerprint density at radius 2 is 2.50 bits per heavy atom. The second kappa shape index (κ2) is 3.58. The van der Waals surface area contributed by atoms with Crippen LogP contribution < -0.4 is 0 Å². The van der Waals surface area contributed by atoms with Crippen molar-refractivity contribution in [3.63, 3.8) is 0 Å². The average molecular weight is 180 g/mol. The summed E-state index contributed by atoms with van der Waals surface area (Å²) < 4.78 is 5.24. The van der Waals surface area contributed by atoms with Crippen molar-refractivity contribution >= 4 is 23.9 Å². The molecule has 2 heterocycles. The minimum Gasteiger partial charge on any atom is -0.446 e. The number of allylic oxidation sites excluding steroid dienone is 1. The van der Waals surface area contributed by atoms with Crippen LogP contribution in [0, 0.1) is 0 Å². The predicted molar refractivity (Wildman–Crippen MR) is 51.6 cm³/mol. The fourth-order valence-electron chi connectivity index (χ4n) is 0.916. The van der Waals surface area contributed by atoms with Crippen LogP contribution in [0.2, 0.25) is 0 Å². The maximum absolute atomic E-state index is 5.24. The van der Waals surface area contributed by atoms with Crippen molar-refractivity contribution in [1.82, 2.24) is 0 Å². The molecule has 0 saturated heterocycles. The Morgan fingerprint density at radius 3 is 3.17 bits per heavy atom. The summed E-state index contributed by atoms with van der Waals surface area (Å²) in [6.07, 6.45) is 7.27. The molecule has 0 unspecified atom stereocenters. The third-order valence-electron chi connectivity index (χ3n) is 1.45. The van der Waals surface area contributed by atoms with Crippen molar-refractivity contribution in [1.29, 1.82) is 0 Å². The minimum absolute atomic E-state index is 0.713. The highest BCUT2D eigenvalue weighted by atomic mass is 32.2. The highest BCUT2D eigenvalue weighted by molar-refractivity contribution is 8.04. The molecule has 0 fully saturated rings. The Hall–Kier alpha value is -1.03. The molecule has 2 aliphatic rings. The lowest BCUT2D eigenvalue weighted by Crippen LogP contribution is -2.08. The Bertz CT molecular complexity index is 291. The summed E-state index contributed by atoms with van der Waals surface area (Å²) in [5.74, 6) is 1.48. The van der Waals surface area contributed by atoms with Crippen LogP contribution in [0.4, 0.5) is 0 Å². The summed E-state index contributed by atoms with van der Waals surface area (Å²) in [6.45, 7) is 0.713. The predicted octanol–water partition coefficient (Wildman–Crippen LogP) is 1.59. The van der Waals surface area contributed by atoms with E-state index in [0.717, 1.165) is 10.8 Å². The molecule has 3 nitrogen and oxygen atoms in total. The third-order valence-corrected chi connectivity index (χ3v) is 2.35. The van der Waals surface area contributed by atoms with Crippen LogP contribution in [-0.4, -0.2) is 24.5 Å². The first kappa shape index (κ1) is 7.61. The highest BCUT2D eigenvalue weighted by Crippen LogP contribution is 2.21. The number of rotatable bonds is 1. The molecule has 0 aromatic heterocycles. The van der Waals surface area contributed by atoms with Crippen LogP contribution >= 0.6 is 11.8 Å². The lowest BCUT2D eigenvalue weighted by Gasteiger charge is -2.11. The van der Waals surface area contributed by atoms with E-state index in [9.17, 15) is 0 Å². The maximum Gasteiger partial charge on any atom is 0.228 e. The fraction of sp³-hybridized carbons (Fsp3) is 0.250. The minimum atomic E-state index is 0.713. The van der Waals surface area contributed by atoms with Gasteiger partial charge in [0.1, 0.15) is 0 Å². The first-order valence-electron chi connectivity index (χ1n) is 3.66. The standard InChI is InChI=1S/C8H8N2OS/c1-3-10-8(11-5-1)7-2-4-9-6-12-7/h1-2,4-5H,3,6H2. The molecule has 12 heavy (non-hydrogen) atoms. The molecule has 0 aromatic carbocycles. The quantitative estimate of drug-likeness (QED) is 0.614. The van der Waals surface area contributed by atoms with E-state index in [1.54, 1.807) is 24.2 Å². The van der Waals surface area contributed by atoms with Gasteiger partial charge in [0, 0.05) is 6.21 Å². The van der Waals surface area contributed by atoms with Gasteiger partial charge in [0.2, 0.25) is 5.90 Å². The second-order valence-corrected chi connectivity index (χ2v) is 3.26. The normalized spacial score (nSPS) is 21.3. The van der Waals surface area contributed by atoms with E-state index in [4.69, 9.17) is 4.74 Å². The zero-order valence-corrected chi connectivity index (χ0v) is 7.25. The topological polar surface area (TPSA) is 34.0 Å². The number of thioether (sulfide) groups is 1. The molecule has 4 heteroatoms. The smallest absolute Gasteiger partial charge is 0.228 e. The molecule has 2 rings (SSSR count). The van der Waals surface area contributed by atoms with Gasteiger partial charge in [0.25, 0.3) is 0 Å². The summed E-state index contributed by atoms with van der Waals surface area (Å²) in [6, 6.07) is 0. The van der Waals surface area contributed by atoms with Crippen molar-refractivity contribution in [2.45, 2.75) is 0 Å². The van der Waals surface area contributed by atoms with Gasteiger partial charge in [-0.15, -0.1) is 0 Å². The number of hydrogen-bond donors (Lipinski definition) is 0. The number of aliphatic imine (C=N–C) groups is 2. The molecule has 0 bridgehead atoms. The molecule has 0 radical (unpaired) electrons. The Kier molecular flexibility index (Phi) is 2.27. The lowest BCUT2D eigenvalue weighted by atomic mass is 10.4. The molecule has 0 aliphatic carbocycles. The van der Waals surface area contributed by atoms with E-state index in [-0.39, 0.29) is 0 Å². The summed E-state index contributed by atoms with van der Waals surface area (Å²) in [5, 5.41) is 0. The van der Waals surface area contributed by atoms with Gasteiger partial charge in [-0.05, 0) is 12.2 Å². The molecule has 0 aromatic rings. The molecule has 0 saturated carbocycles. The van der Waals surface area contributed by atoms with Crippen molar-refractivity contribution in [2.75, 3.05) is 12.4 Å². The molecular weight excluding hydrogens is 172 g/mol. The fourth-order valence-corrected chi connectivity index (χ4v) is 1.61. The molecular formula is C8H8N2OS. The summed E-state index contributed by atoms with van der Waals surface area (Å²) in [5.41, 5.74) is 0. The third kappa shape index (κ3) is 1.58. The first-order chi connectivity index (χ1) is 5.97. The highest BCUT2D eigenvalue weighted by Gasteiger charge is 2.11. The monoisotopic (exact) mass is 180 g/mol. The second-order valence-electron chi connectivity index (χ2n) is 2.27.